The minimum absolute atomic E-state index is 0.0240. The summed E-state index contributed by atoms with van der Waals surface area (Å²) in [6, 6.07) is 17.8. The fraction of sp³-hybridized carbons (Fsp3) is 0.208. The Morgan fingerprint density at radius 3 is 2.39 bits per heavy atom. The zero-order valence-electron chi connectivity index (χ0n) is 18.5. The summed E-state index contributed by atoms with van der Waals surface area (Å²) in [6.07, 6.45) is -0.0240. The summed E-state index contributed by atoms with van der Waals surface area (Å²) in [5.41, 5.74) is 6.64. The van der Waals surface area contributed by atoms with Gasteiger partial charge in [0, 0.05) is 7.11 Å². The van der Waals surface area contributed by atoms with Crippen molar-refractivity contribution >= 4 is 22.8 Å². The first-order valence-electron chi connectivity index (χ1n) is 10.4. The van der Waals surface area contributed by atoms with Crippen LogP contribution in [0.2, 0.25) is 0 Å². The Kier molecular flexibility index (Phi) is 5.31. The highest BCUT2D eigenvalue weighted by Gasteiger charge is 2.24. The number of benzene rings is 2. The fourth-order valence-electron chi connectivity index (χ4n) is 3.86. The van der Waals surface area contributed by atoms with E-state index in [-0.39, 0.29) is 6.42 Å². The summed E-state index contributed by atoms with van der Waals surface area (Å²) in [5, 5.41) is 18.5. The van der Waals surface area contributed by atoms with Crippen molar-refractivity contribution in [2.45, 2.75) is 20.0 Å². The molecule has 0 bridgehead atoms. The molecule has 0 radical (unpaired) electrons. The van der Waals surface area contributed by atoms with Gasteiger partial charge in [-0.25, -0.2) is 4.68 Å². The van der Waals surface area contributed by atoms with Gasteiger partial charge in [0.05, 0.1) is 37.1 Å². The molecule has 166 valence electrons. The molecule has 0 saturated carbocycles. The number of hydrogen-bond donors (Lipinski definition) is 0. The molecule has 0 aliphatic carbocycles. The average Bonchev–Trinajstić information content (AvgIpc) is 3.38. The summed E-state index contributed by atoms with van der Waals surface area (Å²) in [7, 11) is 2.98. The Bertz CT molecular complexity index is 1460. The van der Waals surface area contributed by atoms with Crippen molar-refractivity contribution in [2.75, 3.05) is 14.2 Å². The molecule has 0 N–H and O–H groups in total. The van der Waals surface area contributed by atoms with E-state index < -0.39 is 5.97 Å². The molecular weight excluding hydrogens is 420 g/mol. The van der Waals surface area contributed by atoms with Crippen LogP contribution in [-0.4, -0.2) is 49.8 Å². The molecule has 9 heteroatoms. The quantitative estimate of drug-likeness (QED) is 0.372. The predicted octanol–water partition coefficient (Wildman–Crippen LogP) is 3.30. The van der Waals surface area contributed by atoms with E-state index in [2.05, 4.69) is 10.2 Å². The van der Waals surface area contributed by atoms with Crippen LogP contribution in [0.1, 0.15) is 17.0 Å². The van der Waals surface area contributed by atoms with E-state index in [1.165, 1.54) is 7.11 Å². The van der Waals surface area contributed by atoms with Crippen molar-refractivity contribution in [3.05, 3.63) is 71.5 Å². The number of ether oxygens (including phenoxy) is 2. The normalized spacial score (nSPS) is 11.4. The zero-order valence-corrected chi connectivity index (χ0v) is 18.5. The molecule has 3 aromatic heterocycles. The van der Waals surface area contributed by atoms with Crippen LogP contribution in [0.3, 0.4) is 0 Å². The monoisotopic (exact) mass is 442 g/mol. The van der Waals surface area contributed by atoms with Crippen molar-refractivity contribution in [1.82, 2.24) is 29.6 Å². The lowest BCUT2D eigenvalue weighted by Crippen LogP contribution is -2.06. The fourth-order valence-corrected chi connectivity index (χ4v) is 3.86. The Morgan fingerprint density at radius 1 is 0.939 bits per heavy atom. The minimum atomic E-state index is -0.405. The first kappa shape index (κ1) is 20.8. The third-order valence-corrected chi connectivity index (χ3v) is 5.45. The highest BCUT2D eigenvalue weighted by molar-refractivity contribution is 5.87. The minimum Gasteiger partial charge on any atom is -0.469 e. The van der Waals surface area contributed by atoms with Gasteiger partial charge in [-0.1, -0.05) is 48.0 Å². The van der Waals surface area contributed by atoms with E-state index in [9.17, 15) is 4.79 Å². The van der Waals surface area contributed by atoms with Gasteiger partial charge < -0.3 is 9.47 Å². The van der Waals surface area contributed by atoms with E-state index in [4.69, 9.17) is 19.7 Å². The Hall–Kier alpha value is -4.11. The molecule has 33 heavy (non-hydrogen) atoms. The summed E-state index contributed by atoms with van der Waals surface area (Å²) >= 11 is 0. The van der Waals surface area contributed by atoms with E-state index in [0.717, 1.165) is 28.1 Å². The van der Waals surface area contributed by atoms with Gasteiger partial charge in [-0.05, 0) is 24.6 Å². The highest BCUT2D eigenvalue weighted by atomic mass is 16.5. The number of aryl methyl sites for hydroxylation is 1. The summed E-state index contributed by atoms with van der Waals surface area (Å²) in [4.78, 5) is 12.0. The summed E-state index contributed by atoms with van der Waals surface area (Å²) in [5.74, 6) is -0.405. The number of esters is 1. The van der Waals surface area contributed by atoms with Gasteiger partial charge in [0.1, 0.15) is 5.69 Å². The molecule has 9 nitrogen and oxygen atoms in total. The van der Waals surface area contributed by atoms with E-state index in [1.54, 1.807) is 16.3 Å². The maximum absolute atomic E-state index is 12.0. The summed E-state index contributed by atoms with van der Waals surface area (Å²) < 4.78 is 13.8. The van der Waals surface area contributed by atoms with E-state index >= 15 is 0 Å². The topological polar surface area (TPSA) is 96.4 Å². The predicted molar refractivity (Wildman–Crippen MR) is 122 cm³/mol. The van der Waals surface area contributed by atoms with Crippen LogP contribution >= 0.6 is 0 Å². The van der Waals surface area contributed by atoms with Gasteiger partial charge in [-0.15, -0.1) is 10.2 Å². The van der Waals surface area contributed by atoms with E-state index in [1.807, 2.05) is 61.5 Å². The van der Waals surface area contributed by atoms with Gasteiger partial charge in [0.2, 0.25) is 0 Å². The number of rotatable bonds is 6. The average molecular weight is 442 g/mol. The third kappa shape index (κ3) is 3.62. The van der Waals surface area contributed by atoms with Gasteiger partial charge in [0.15, 0.2) is 16.8 Å². The van der Waals surface area contributed by atoms with Crippen LogP contribution in [0.15, 0.2) is 54.6 Å². The molecule has 0 saturated heterocycles. The third-order valence-electron chi connectivity index (χ3n) is 5.45. The van der Waals surface area contributed by atoms with Crippen molar-refractivity contribution in [3.8, 4) is 16.8 Å². The Morgan fingerprint density at radius 2 is 1.70 bits per heavy atom. The van der Waals surface area contributed by atoms with Crippen molar-refractivity contribution < 1.29 is 14.3 Å². The summed E-state index contributed by atoms with van der Waals surface area (Å²) in [6.45, 7) is 2.33. The number of carbonyl (C=O) groups is 1. The smallest absolute Gasteiger partial charge is 0.311 e. The maximum Gasteiger partial charge on any atom is 0.311 e. The molecule has 5 rings (SSSR count). The van der Waals surface area contributed by atoms with Gasteiger partial charge in [-0.2, -0.15) is 14.7 Å². The zero-order chi connectivity index (χ0) is 22.9. The second-order valence-electron chi connectivity index (χ2n) is 7.68. The molecular formula is C24H22N6O3. The second kappa shape index (κ2) is 8.44. The number of methoxy groups -OCH3 is 2. The Labute approximate surface area is 189 Å². The van der Waals surface area contributed by atoms with Crippen LogP contribution in [0.25, 0.3) is 33.6 Å². The van der Waals surface area contributed by atoms with Gasteiger partial charge in [0.25, 0.3) is 0 Å². The van der Waals surface area contributed by atoms with E-state index in [0.29, 0.717) is 29.1 Å². The van der Waals surface area contributed by atoms with Crippen LogP contribution < -0.4 is 0 Å². The molecule has 0 amide bonds. The van der Waals surface area contributed by atoms with Crippen LogP contribution in [-0.2, 0) is 27.3 Å². The molecule has 0 atom stereocenters. The molecule has 5 aromatic rings. The lowest BCUT2D eigenvalue weighted by Gasteiger charge is -2.05. The first-order chi connectivity index (χ1) is 16.1. The number of nitrogens with zero attached hydrogens (tertiary/aromatic N) is 6. The van der Waals surface area contributed by atoms with Gasteiger partial charge >= 0.3 is 5.97 Å². The van der Waals surface area contributed by atoms with Crippen molar-refractivity contribution in [2.24, 2.45) is 0 Å². The molecule has 3 heterocycles. The van der Waals surface area contributed by atoms with Crippen LogP contribution in [0.4, 0.5) is 0 Å². The largest absolute Gasteiger partial charge is 0.469 e. The lowest BCUT2D eigenvalue weighted by molar-refractivity contribution is -0.139. The molecule has 0 unspecified atom stereocenters. The number of hydrogen-bond acceptors (Lipinski definition) is 7. The van der Waals surface area contributed by atoms with Crippen molar-refractivity contribution in [1.29, 1.82) is 0 Å². The molecule has 2 aromatic carbocycles. The van der Waals surface area contributed by atoms with Crippen molar-refractivity contribution in [3.63, 3.8) is 0 Å². The molecule has 0 aliphatic heterocycles. The lowest BCUT2D eigenvalue weighted by atomic mass is 10.1. The second-order valence-corrected chi connectivity index (χ2v) is 7.68. The molecule has 0 aliphatic rings. The van der Waals surface area contributed by atoms with Gasteiger partial charge in [-0.3, -0.25) is 4.79 Å². The van der Waals surface area contributed by atoms with Crippen LogP contribution in [0.5, 0.6) is 0 Å². The number of aromatic nitrogens is 6. The number of carbonyl (C=O) groups excluding carboxylic acids is 1. The Balaban J connectivity index is 1.84. The highest BCUT2D eigenvalue weighted by Crippen LogP contribution is 2.30. The molecule has 0 fully saturated rings. The van der Waals surface area contributed by atoms with Crippen LogP contribution in [0, 0.1) is 6.92 Å². The molecule has 0 spiro atoms. The first-order valence-corrected chi connectivity index (χ1v) is 10.4. The maximum atomic E-state index is 12.0. The number of fused-ring (bicyclic) bond motifs is 3. The standard InChI is InChI=1S/C24H22N6O3/c1-15-9-11-17(12-10-15)29-24-22(18(27-29)13-20(31)33-3)25-26-23-21(16-7-5-4-6-8-16)19(14-32-2)28-30(23)24/h4-12H,13-14H2,1-3H3. The SMILES string of the molecule is COCc1nn2c(nnc3c(CC(=O)OC)nn(-c4ccc(C)cc4)c32)c1-c1ccccc1.